The van der Waals surface area contributed by atoms with E-state index in [1.54, 1.807) is 25.3 Å². The van der Waals surface area contributed by atoms with Gasteiger partial charge >= 0.3 is 0 Å². The van der Waals surface area contributed by atoms with Crippen LogP contribution in [0.2, 0.25) is 0 Å². The van der Waals surface area contributed by atoms with Gasteiger partial charge in [-0.15, -0.1) is 0 Å². The second kappa shape index (κ2) is 7.83. The lowest BCUT2D eigenvalue weighted by atomic mass is 10.1. The number of rotatable bonds is 7. The predicted molar refractivity (Wildman–Crippen MR) is 95.8 cm³/mol. The zero-order chi connectivity index (χ0) is 16.8. The fraction of sp³-hybridized carbons (Fsp3) is 0.278. The molecule has 0 heterocycles. The summed E-state index contributed by atoms with van der Waals surface area (Å²) in [5.74, 6) is 2.16. The molecule has 2 aromatic rings. The summed E-state index contributed by atoms with van der Waals surface area (Å²) in [6.07, 6.45) is 0. The second-order valence-electron chi connectivity index (χ2n) is 5.12. The maximum atomic E-state index is 5.78. The molecular formula is C18H21NO3S. The number of hydrogen-bond donors (Lipinski definition) is 1. The number of aryl methyl sites for hydroxylation is 1. The van der Waals surface area contributed by atoms with Crippen molar-refractivity contribution < 1.29 is 14.2 Å². The number of methoxy groups -OCH3 is 1. The molecule has 0 unspecified atom stereocenters. The Morgan fingerprint density at radius 1 is 1.04 bits per heavy atom. The second-order valence-corrected chi connectivity index (χ2v) is 5.56. The third kappa shape index (κ3) is 4.36. The van der Waals surface area contributed by atoms with Crippen molar-refractivity contribution in [2.45, 2.75) is 13.8 Å². The van der Waals surface area contributed by atoms with Crippen LogP contribution in [0.25, 0.3) is 0 Å². The van der Waals surface area contributed by atoms with Crippen LogP contribution < -0.4 is 19.9 Å². The van der Waals surface area contributed by atoms with E-state index in [9.17, 15) is 0 Å². The first-order valence-corrected chi connectivity index (χ1v) is 7.73. The van der Waals surface area contributed by atoms with E-state index in [0.717, 1.165) is 11.3 Å². The molecule has 2 rings (SSSR count). The molecule has 0 atom stereocenters. The van der Waals surface area contributed by atoms with E-state index in [2.05, 4.69) is 13.0 Å². The van der Waals surface area contributed by atoms with E-state index >= 15 is 0 Å². The van der Waals surface area contributed by atoms with Crippen LogP contribution in [0.15, 0.2) is 36.4 Å². The molecule has 0 bridgehead atoms. The minimum atomic E-state index is 0.290. The Hall–Kier alpha value is -2.27. The molecule has 2 aromatic carbocycles. The third-order valence-corrected chi connectivity index (χ3v) is 3.83. The van der Waals surface area contributed by atoms with Gasteiger partial charge in [-0.05, 0) is 43.2 Å². The molecule has 0 aliphatic heterocycles. The van der Waals surface area contributed by atoms with E-state index in [4.69, 9.17) is 32.2 Å². The number of benzene rings is 2. The van der Waals surface area contributed by atoms with E-state index < -0.39 is 0 Å². The van der Waals surface area contributed by atoms with Crippen molar-refractivity contribution in [3.8, 4) is 17.2 Å². The van der Waals surface area contributed by atoms with Crippen molar-refractivity contribution in [2.24, 2.45) is 5.73 Å². The number of nitrogens with two attached hydrogens (primary N) is 1. The van der Waals surface area contributed by atoms with Gasteiger partial charge in [0.25, 0.3) is 0 Å². The Kier molecular flexibility index (Phi) is 5.82. The van der Waals surface area contributed by atoms with Gasteiger partial charge in [0.2, 0.25) is 0 Å². The van der Waals surface area contributed by atoms with Gasteiger partial charge in [0.1, 0.15) is 35.5 Å². The number of ether oxygens (including phenoxy) is 3. The SMILES string of the molecule is COc1ccc(C(N)=S)c(OCCOc2cccc(C)c2C)c1. The molecule has 0 saturated heterocycles. The van der Waals surface area contributed by atoms with Crippen LogP contribution in [0.4, 0.5) is 0 Å². The van der Waals surface area contributed by atoms with Crippen molar-refractivity contribution in [3.05, 3.63) is 53.1 Å². The molecule has 0 saturated carbocycles. The predicted octanol–water partition coefficient (Wildman–Crippen LogP) is 3.40. The summed E-state index contributed by atoms with van der Waals surface area (Å²) in [7, 11) is 1.60. The molecule has 0 aliphatic carbocycles. The minimum Gasteiger partial charge on any atom is -0.497 e. The third-order valence-electron chi connectivity index (χ3n) is 3.61. The Morgan fingerprint density at radius 3 is 2.39 bits per heavy atom. The highest BCUT2D eigenvalue weighted by Crippen LogP contribution is 2.25. The average Bonchev–Trinajstić information content (AvgIpc) is 2.54. The first-order chi connectivity index (χ1) is 11.0. The Balaban J connectivity index is 1.98. The van der Waals surface area contributed by atoms with Crippen LogP contribution in [0, 0.1) is 13.8 Å². The standard InChI is InChI=1S/C18H21NO3S/c1-12-5-4-6-16(13(12)2)21-9-10-22-17-11-14(20-3)7-8-15(17)18(19)23/h4-8,11H,9-10H2,1-3H3,(H2,19,23). The van der Waals surface area contributed by atoms with Crippen LogP contribution in [0.3, 0.4) is 0 Å². The maximum Gasteiger partial charge on any atom is 0.133 e. The Bertz CT molecular complexity index is 701. The topological polar surface area (TPSA) is 53.7 Å². The first-order valence-electron chi connectivity index (χ1n) is 7.32. The van der Waals surface area contributed by atoms with Gasteiger partial charge in [-0.1, -0.05) is 24.4 Å². The summed E-state index contributed by atoms with van der Waals surface area (Å²) in [6.45, 7) is 4.91. The van der Waals surface area contributed by atoms with Crippen LogP contribution in [-0.4, -0.2) is 25.3 Å². The number of hydrogen-bond acceptors (Lipinski definition) is 4. The largest absolute Gasteiger partial charge is 0.497 e. The molecule has 0 aliphatic rings. The van der Waals surface area contributed by atoms with Gasteiger partial charge in [-0.2, -0.15) is 0 Å². The smallest absolute Gasteiger partial charge is 0.133 e. The van der Waals surface area contributed by atoms with Gasteiger partial charge in [0, 0.05) is 6.07 Å². The van der Waals surface area contributed by atoms with Crippen molar-refractivity contribution in [1.82, 2.24) is 0 Å². The molecule has 0 aromatic heterocycles. The van der Waals surface area contributed by atoms with E-state index in [0.29, 0.717) is 30.3 Å². The monoisotopic (exact) mass is 331 g/mol. The van der Waals surface area contributed by atoms with Gasteiger partial charge in [-0.3, -0.25) is 0 Å². The van der Waals surface area contributed by atoms with Gasteiger partial charge in [-0.25, -0.2) is 0 Å². The lowest BCUT2D eigenvalue weighted by Crippen LogP contribution is -2.15. The van der Waals surface area contributed by atoms with Crippen LogP contribution >= 0.6 is 12.2 Å². The Labute approximate surface area is 142 Å². The Morgan fingerprint density at radius 2 is 1.74 bits per heavy atom. The quantitative estimate of drug-likeness (QED) is 0.622. The molecule has 5 heteroatoms. The van der Waals surface area contributed by atoms with E-state index in [-0.39, 0.29) is 4.99 Å². The van der Waals surface area contributed by atoms with Gasteiger partial charge in [0.15, 0.2) is 0 Å². The van der Waals surface area contributed by atoms with E-state index in [1.165, 1.54) is 5.56 Å². The van der Waals surface area contributed by atoms with Gasteiger partial charge < -0.3 is 19.9 Å². The minimum absolute atomic E-state index is 0.290. The molecule has 23 heavy (non-hydrogen) atoms. The lowest BCUT2D eigenvalue weighted by Gasteiger charge is -2.14. The van der Waals surface area contributed by atoms with Gasteiger partial charge in [0.05, 0.1) is 12.7 Å². The molecule has 0 amide bonds. The fourth-order valence-corrected chi connectivity index (χ4v) is 2.31. The zero-order valence-corrected chi connectivity index (χ0v) is 14.4. The highest BCUT2D eigenvalue weighted by atomic mass is 32.1. The van der Waals surface area contributed by atoms with Crippen molar-refractivity contribution >= 4 is 17.2 Å². The van der Waals surface area contributed by atoms with Crippen molar-refractivity contribution in [1.29, 1.82) is 0 Å². The van der Waals surface area contributed by atoms with E-state index in [1.807, 2.05) is 19.1 Å². The summed E-state index contributed by atoms with van der Waals surface area (Å²) in [4.78, 5) is 0.290. The van der Waals surface area contributed by atoms with Crippen molar-refractivity contribution in [2.75, 3.05) is 20.3 Å². The van der Waals surface area contributed by atoms with Crippen LogP contribution in [-0.2, 0) is 0 Å². The van der Waals surface area contributed by atoms with Crippen LogP contribution in [0.5, 0.6) is 17.2 Å². The normalized spacial score (nSPS) is 10.2. The summed E-state index contributed by atoms with van der Waals surface area (Å²) < 4.78 is 16.7. The molecule has 0 spiro atoms. The average molecular weight is 331 g/mol. The fourth-order valence-electron chi connectivity index (χ4n) is 2.14. The molecule has 122 valence electrons. The summed E-state index contributed by atoms with van der Waals surface area (Å²) >= 11 is 5.04. The summed E-state index contributed by atoms with van der Waals surface area (Å²) in [5, 5.41) is 0. The summed E-state index contributed by atoms with van der Waals surface area (Å²) in [5.41, 5.74) is 8.74. The highest BCUT2D eigenvalue weighted by Gasteiger charge is 2.09. The lowest BCUT2D eigenvalue weighted by molar-refractivity contribution is 0.215. The molecule has 0 radical (unpaired) electrons. The first kappa shape index (κ1) is 17.1. The number of thiocarbonyl (C=S) groups is 1. The summed E-state index contributed by atoms with van der Waals surface area (Å²) in [6, 6.07) is 11.4. The molecule has 0 fully saturated rings. The molecule has 4 nitrogen and oxygen atoms in total. The van der Waals surface area contributed by atoms with Crippen molar-refractivity contribution in [3.63, 3.8) is 0 Å². The molecular weight excluding hydrogens is 310 g/mol. The maximum absolute atomic E-state index is 5.78. The molecule has 2 N–H and O–H groups in total. The van der Waals surface area contributed by atoms with Crippen LogP contribution in [0.1, 0.15) is 16.7 Å². The highest BCUT2D eigenvalue weighted by molar-refractivity contribution is 7.80. The zero-order valence-electron chi connectivity index (χ0n) is 13.6.